The zero-order valence-electron chi connectivity index (χ0n) is 7.34. The second-order valence-corrected chi connectivity index (χ2v) is 3.82. The van der Waals surface area contributed by atoms with Crippen LogP contribution in [0.5, 0.6) is 0 Å². The van der Waals surface area contributed by atoms with Gasteiger partial charge in [0.15, 0.2) is 0 Å². The van der Waals surface area contributed by atoms with Crippen LogP contribution in [0.2, 0.25) is 0 Å². The van der Waals surface area contributed by atoms with Crippen molar-refractivity contribution in [1.29, 1.82) is 0 Å². The summed E-state index contributed by atoms with van der Waals surface area (Å²) in [4.78, 5) is 2.43. The van der Waals surface area contributed by atoms with E-state index < -0.39 is 0 Å². The van der Waals surface area contributed by atoms with Crippen LogP contribution < -0.4 is 5.73 Å². The van der Waals surface area contributed by atoms with E-state index in [9.17, 15) is 0 Å². The van der Waals surface area contributed by atoms with E-state index in [0.717, 1.165) is 43.7 Å². The van der Waals surface area contributed by atoms with Crippen LogP contribution in [-0.4, -0.2) is 41.8 Å². The van der Waals surface area contributed by atoms with E-state index in [1.807, 2.05) is 0 Å². The Hall–Kier alpha value is 0.610. The molecule has 1 heterocycles. The highest BCUT2D eigenvalue weighted by atomic mass is 127. The fourth-order valence-corrected chi connectivity index (χ4v) is 1.74. The first-order chi connectivity index (χ1) is 5.83. The lowest BCUT2D eigenvalue weighted by Gasteiger charge is -2.29. The number of hydrogen-bond donors (Lipinski definition) is 1. The third-order valence-electron chi connectivity index (χ3n) is 2.26. The van der Waals surface area contributed by atoms with Crippen molar-refractivity contribution in [3.05, 3.63) is 0 Å². The van der Waals surface area contributed by atoms with Gasteiger partial charge in [-0.2, -0.15) is 0 Å². The van der Waals surface area contributed by atoms with E-state index in [1.54, 1.807) is 0 Å². The lowest BCUT2D eigenvalue weighted by atomic mass is 10.1. The van der Waals surface area contributed by atoms with Gasteiger partial charge in [0.05, 0.1) is 11.2 Å². The Labute approximate surface area is 87.8 Å². The van der Waals surface area contributed by atoms with Gasteiger partial charge in [0.1, 0.15) is 0 Å². The molecule has 0 bridgehead atoms. The summed E-state index contributed by atoms with van der Waals surface area (Å²) < 4.78 is 6.07. The number of rotatable bonds is 4. The highest BCUT2D eigenvalue weighted by Crippen LogP contribution is 2.07. The smallest absolute Gasteiger partial charge is 0.0979 e. The molecule has 0 aromatic heterocycles. The van der Waals surface area contributed by atoms with Crippen molar-refractivity contribution in [2.24, 2.45) is 5.73 Å². The Balaban J connectivity index is 2.01. The molecule has 2 N–H and O–H groups in total. The Kier molecular flexibility index (Phi) is 5.45. The largest absolute Gasteiger partial charge is 0.370 e. The summed E-state index contributed by atoms with van der Waals surface area (Å²) >= 11 is 2.22. The minimum Gasteiger partial charge on any atom is -0.370 e. The zero-order chi connectivity index (χ0) is 8.81. The quantitative estimate of drug-likeness (QED) is 0.472. The van der Waals surface area contributed by atoms with Gasteiger partial charge in [-0.05, 0) is 25.9 Å². The normalized spacial score (nSPS) is 21.5. The molecule has 72 valence electrons. The maximum absolute atomic E-state index is 5.79. The Bertz CT molecular complexity index is 116. The molecular formula is C8H17IN2O. The number of alkyl halides is 1. The van der Waals surface area contributed by atoms with Gasteiger partial charge in [0.2, 0.25) is 0 Å². The number of likely N-dealkylation sites (tertiary alicyclic amines) is 1. The van der Waals surface area contributed by atoms with Crippen LogP contribution in [-0.2, 0) is 4.74 Å². The monoisotopic (exact) mass is 284 g/mol. The fourth-order valence-electron chi connectivity index (χ4n) is 1.42. The molecule has 0 spiro atoms. The number of ether oxygens (including phenoxy) is 1. The van der Waals surface area contributed by atoms with Gasteiger partial charge in [-0.25, -0.2) is 0 Å². The van der Waals surface area contributed by atoms with Crippen LogP contribution in [0.4, 0.5) is 0 Å². The standard InChI is InChI=1S/C8H17IN2O/c9-7-12-6-5-11-3-1-8(10)2-4-11/h8H,1-7,10H2. The van der Waals surface area contributed by atoms with Gasteiger partial charge >= 0.3 is 0 Å². The fraction of sp³-hybridized carbons (Fsp3) is 1.00. The van der Waals surface area contributed by atoms with Gasteiger partial charge in [0.25, 0.3) is 0 Å². The van der Waals surface area contributed by atoms with E-state index in [-0.39, 0.29) is 0 Å². The van der Waals surface area contributed by atoms with Crippen LogP contribution >= 0.6 is 22.6 Å². The molecule has 0 aromatic carbocycles. The van der Waals surface area contributed by atoms with Gasteiger partial charge < -0.3 is 15.4 Å². The minimum atomic E-state index is 0.437. The molecule has 4 heteroatoms. The molecule has 3 nitrogen and oxygen atoms in total. The molecule has 0 atom stereocenters. The van der Waals surface area contributed by atoms with Gasteiger partial charge in [-0.3, -0.25) is 0 Å². The van der Waals surface area contributed by atoms with Crippen LogP contribution in [0, 0.1) is 0 Å². The van der Waals surface area contributed by atoms with E-state index in [0.29, 0.717) is 6.04 Å². The number of hydrogen-bond acceptors (Lipinski definition) is 3. The van der Waals surface area contributed by atoms with Crippen molar-refractivity contribution in [3.8, 4) is 0 Å². The van der Waals surface area contributed by atoms with Crippen molar-refractivity contribution in [1.82, 2.24) is 4.90 Å². The lowest BCUT2D eigenvalue weighted by molar-refractivity contribution is 0.127. The molecule has 0 aliphatic carbocycles. The maximum Gasteiger partial charge on any atom is 0.0979 e. The zero-order valence-corrected chi connectivity index (χ0v) is 9.50. The van der Waals surface area contributed by atoms with Crippen molar-refractivity contribution < 1.29 is 4.74 Å². The van der Waals surface area contributed by atoms with E-state index in [1.165, 1.54) is 0 Å². The van der Waals surface area contributed by atoms with Gasteiger partial charge in [0, 0.05) is 12.6 Å². The summed E-state index contributed by atoms with van der Waals surface area (Å²) in [6.45, 7) is 4.21. The van der Waals surface area contributed by atoms with Crippen molar-refractivity contribution >= 4 is 22.6 Å². The molecule has 0 aromatic rings. The van der Waals surface area contributed by atoms with Crippen LogP contribution in [0.1, 0.15) is 12.8 Å². The number of halogens is 1. The third-order valence-corrected chi connectivity index (χ3v) is 2.70. The topological polar surface area (TPSA) is 38.5 Å². The van der Waals surface area contributed by atoms with Crippen molar-refractivity contribution in [2.75, 3.05) is 30.9 Å². The van der Waals surface area contributed by atoms with E-state index >= 15 is 0 Å². The molecule has 1 fully saturated rings. The molecule has 0 saturated carbocycles. The Morgan fingerprint density at radius 2 is 2.08 bits per heavy atom. The lowest BCUT2D eigenvalue weighted by Crippen LogP contribution is -2.40. The average molecular weight is 284 g/mol. The van der Waals surface area contributed by atoms with E-state index in [4.69, 9.17) is 10.5 Å². The van der Waals surface area contributed by atoms with Crippen LogP contribution in [0.25, 0.3) is 0 Å². The summed E-state index contributed by atoms with van der Waals surface area (Å²) in [5.74, 6) is 0. The van der Waals surface area contributed by atoms with Crippen LogP contribution in [0.3, 0.4) is 0 Å². The molecule has 12 heavy (non-hydrogen) atoms. The molecule has 1 aliphatic heterocycles. The molecule has 1 rings (SSSR count). The highest BCUT2D eigenvalue weighted by molar-refractivity contribution is 14.1. The summed E-state index contributed by atoms with van der Waals surface area (Å²) in [5.41, 5.74) is 5.79. The summed E-state index contributed by atoms with van der Waals surface area (Å²) in [5, 5.41) is 0. The first-order valence-electron chi connectivity index (χ1n) is 4.44. The third kappa shape index (κ3) is 4.02. The second-order valence-electron chi connectivity index (χ2n) is 3.20. The molecule has 0 amide bonds. The highest BCUT2D eigenvalue weighted by Gasteiger charge is 2.14. The Morgan fingerprint density at radius 3 is 2.67 bits per heavy atom. The van der Waals surface area contributed by atoms with Gasteiger partial charge in [-0.15, -0.1) is 0 Å². The minimum absolute atomic E-state index is 0.437. The van der Waals surface area contributed by atoms with Gasteiger partial charge in [-0.1, -0.05) is 22.6 Å². The SMILES string of the molecule is NC1CCN(CCOCI)CC1. The number of nitrogens with two attached hydrogens (primary N) is 1. The number of nitrogens with zero attached hydrogens (tertiary/aromatic N) is 1. The molecule has 0 radical (unpaired) electrons. The summed E-state index contributed by atoms with van der Waals surface area (Å²) in [6, 6.07) is 0.437. The first-order valence-corrected chi connectivity index (χ1v) is 5.97. The summed E-state index contributed by atoms with van der Waals surface area (Å²) in [7, 11) is 0. The van der Waals surface area contributed by atoms with E-state index in [2.05, 4.69) is 27.5 Å². The summed E-state index contributed by atoms with van der Waals surface area (Å²) in [6.07, 6.45) is 2.29. The molecular weight excluding hydrogens is 267 g/mol. The molecule has 1 saturated heterocycles. The Morgan fingerprint density at radius 1 is 1.42 bits per heavy atom. The second kappa shape index (κ2) is 6.12. The first kappa shape index (κ1) is 10.7. The van der Waals surface area contributed by atoms with Crippen molar-refractivity contribution in [3.63, 3.8) is 0 Å². The van der Waals surface area contributed by atoms with Crippen molar-refractivity contribution in [2.45, 2.75) is 18.9 Å². The predicted molar refractivity (Wildman–Crippen MR) is 58.5 cm³/mol. The maximum atomic E-state index is 5.79. The number of piperidine rings is 1. The molecule has 1 aliphatic rings. The molecule has 0 unspecified atom stereocenters. The predicted octanol–water partition coefficient (Wildman–Crippen LogP) is 0.819. The van der Waals surface area contributed by atoms with Crippen LogP contribution in [0.15, 0.2) is 0 Å². The average Bonchev–Trinajstić information content (AvgIpc) is 2.09.